The minimum absolute atomic E-state index is 0.169. The minimum Gasteiger partial charge on any atom is -0.331 e. The summed E-state index contributed by atoms with van der Waals surface area (Å²) in [5, 5.41) is 0. The quantitative estimate of drug-likeness (QED) is 0.783. The Bertz CT molecular complexity index is 637. The Hall–Kier alpha value is -2.00. The lowest BCUT2D eigenvalue weighted by atomic mass is 10.2. The molecule has 0 radical (unpaired) electrons. The van der Waals surface area contributed by atoms with Gasteiger partial charge in [0.2, 0.25) is 0 Å². The highest BCUT2D eigenvalue weighted by Crippen LogP contribution is 2.24. The molecule has 0 saturated carbocycles. The lowest BCUT2D eigenvalue weighted by molar-refractivity contribution is -0.125. The average molecular weight is 295 g/mol. The number of carbonyl (C=O) groups excluding carboxylic acids is 1. The van der Waals surface area contributed by atoms with E-state index in [0.717, 1.165) is 17.9 Å². The van der Waals surface area contributed by atoms with Crippen molar-refractivity contribution in [1.82, 2.24) is 4.90 Å². The van der Waals surface area contributed by atoms with Crippen LogP contribution in [0.1, 0.15) is 5.56 Å². The van der Waals surface area contributed by atoms with Gasteiger partial charge in [-0.2, -0.15) is 0 Å². The fourth-order valence-electron chi connectivity index (χ4n) is 2.33. The topological polar surface area (TPSA) is 20.3 Å². The number of amides is 1. The van der Waals surface area contributed by atoms with Crippen molar-refractivity contribution in [2.75, 3.05) is 12.3 Å². The van der Waals surface area contributed by atoms with Crippen LogP contribution >= 0.6 is 11.8 Å². The van der Waals surface area contributed by atoms with Crippen LogP contribution in [-0.2, 0) is 11.3 Å². The van der Waals surface area contributed by atoms with Crippen LogP contribution in [0.4, 0.5) is 0 Å². The normalized spacial score (nSPS) is 14.4. The van der Waals surface area contributed by atoms with E-state index in [0.29, 0.717) is 6.54 Å². The first-order chi connectivity index (χ1) is 10.3. The van der Waals surface area contributed by atoms with Crippen LogP contribution < -0.4 is 0 Å². The molecule has 0 fully saturated rings. The van der Waals surface area contributed by atoms with Crippen molar-refractivity contribution in [3.63, 3.8) is 0 Å². The third kappa shape index (κ3) is 3.56. The van der Waals surface area contributed by atoms with Gasteiger partial charge < -0.3 is 4.90 Å². The zero-order chi connectivity index (χ0) is 14.5. The number of carbonyl (C=O) groups is 1. The molecule has 0 spiro atoms. The molecule has 0 unspecified atom stereocenters. The van der Waals surface area contributed by atoms with Gasteiger partial charge in [0.1, 0.15) is 0 Å². The van der Waals surface area contributed by atoms with Crippen molar-refractivity contribution in [2.24, 2.45) is 0 Å². The molecular formula is C18H17NOS. The summed E-state index contributed by atoms with van der Waals surface area (Å²) in [5.74, 6) is 0.913. The Balaban J connectivity index is 1.56. The van der Waals surface area contributed by atoms with E-state index >= 15 is 0 Å². The maximum absolute atomic E-state index is 12.4. The Morgan fingerprint density at radius 1 is 0.952 bits per heavy atom. The summed E-state index contributed by atoms with van der Waals surface area (Å²) in [6, 6.07) is 20.3. The lowest BCUT2D eigenvalue weighted by Gasteiger charge is -2.16. The standard InChI is InChI=1S/C18H17NOS/c20-18-16(14-21-17-9-5-2-6-10-17)11-12-19(18)13-15-7-3-1-4-8-15/h1-11H,12-14H2. The van der Waals surface area contributed by atoms with E-state index < -0.39 is 0 Å². The first kappa shape index (κ1) is 14.0. The largest absolute Gasteiger partial charge is 0.331 e. The predicted molar refractivity (Wildman–Crippen MR) is 87.1 cm³/mol. The maximum atomic E-state index is 12.4. The number of benzene rings is 2. The molecule has 2 nitrogen and oxygen atoms in total. The van der Waals surface area contributed by atoms with Crippen molar-refractivity contribution >= 4 is 17.7 Å². The van der Waals surface area contributed by atoms with E-state index in [-0.39, 0.29) is 5.91 Å². The summed E-state index contributed by atoms with van der Waals surface area (Å²) in [5.41, 5.74) is 2.09. The van der Waals surface area contributed by atoms with Gasteiger partial charge >= 0.3 is 0 Å². The molecular weight excluding hydrogens is 278 g/mol. The molecule has 3 heteroatoms. The van der Waals surface area contributed by atoms with Gasteiger partial charge in [-0.3, -0.25) is 4.79 Å². The highest BCUT2D eigenvalue weighted by Gasteiger charge is 2.23. The zero-order valence-corrected chi connectivity index (χ0v) is 12.6. The Labute approximate surface area is 129 Å². The number of hydrogen-bond donors (Lipinski definition) is 0. The molecule has 0 atom stereocenters. The van der Waals surface area contributed by atoms with Crippen molar-refractivity contribution < 1.29 is 4.79 Å². The van der Waals surface area contributed by atoms with Crippen molar-refractivity contribution in [1.29, 1.82) is 0 Å². The van der Waals surface area contributed by atoms with E-state index in [9.17, 15) is 4.79 Å². The predicted octanol–water partition coefficient (Wildman–Crippen LogP) is 3.75. The molecule has 106 valence electrons. The van der Waals surface area contributed by atoms with Gasteiger partial charge in [-0.1, -0.05) is 54.6 Å². The van der Waals surface area contributed by atoms with Crippen LogP contribution in [0.2, 0.25) is 0 Å². The number of nitrogens with zero attached hydrogens (tertiary/aromatic N) is 1. The first-order valence-electron chi connectivity index (χ1n) is 7.03. The molecule has 1 aliphatic rings. The van der Waals surface area contributed by atoms with Crippen LogP contribution in [0.15, 0.2) is 77.2 Å². The second kappa shape index (κ2) is 6.64. The fraction of sp³-hybridized carbons (Fsp3) is 0.167. The van der Waals surface area contributed by atoms with E-state index in [1.165, 1.54) is 10.5 Å². The highest BCUT2D eigenvalue weighted by atomic mass is 32.2. The van der Waals surface area contributed by atoms with Crippen molar-refractivity contribution in [3.8, 4) is 0 Å². The van der Waals surface area contributed by atoms with Crippen LogP contribution in [-0.4, -0.2) is 23.1 Å². The maximum Gasteiger partial charge on any atom is 0.250 e. The second-order valence-electron chi connectivity index (χ2n) is 5.00. The molecule has 0 saturated heterocycles. The number of hydrogen-bond acceptors (Lipinski definition) is 2. The molecule has 1 amide bonds. The van der Waals surface area contributed by atoms with Crippen LogP contribution in [0.25, 0.3) is 0 Å². The number of thioether (sulfide) groups is 1. The Kier molecular flexibility index (Phi) is 4.41. The van der Waals surface area contributed by atoms with E-state index in [1.54, 1.807) is 11.8 Å². The summed E-state index contributed by atoms with van der Waals surface area (Å²) in [6.07, 6.45) is 2.06. The number of rotatable bonds is 5. The van der Waals surface area contributed by atoms with Gasteiger partial charge in [0.05, 0.1) is 0 Å². The molecule has 0 aromatic heterocycles. The van der Waals surface area contributed by atoms with E-state index in [2.05, 4.69) is 30.3 Å². The minimum atomic E-state index is 0.169. The molecule has 3 rings (SSSR count). The molecule has 1 aliphatic heterocycles. The van der Waals surface area contributed by atoms with Crippen molar-refractivity contribution in [2.45, 2.75) is 11.4 Å². The highest BCUT2D eigenvalue weighted by molar-refractivity contribution is 7.99. The van der Waals surface area contributed by atoms with Crippen molar-refractivity contribution in [3.05, 3.63) is 77.9 Å². The molecule has 0 N–H and O–H groups in total. The molecule has 1 heterocycles. The molecule has 21 heavy (non-hydrogen) atoms. The summed E-state index contributed by atoms with van der Waals surface area (Å²) in [6.45, 7) is 1.41. The molecule has 2 aromatic rings. The molecule has 0 aliphatic carbocycles. The first-order valence-corrected chi connectivity index (χ1v) is 8.01. The smallest absolute Gasteiger partial charge is 0.250 e. The van der Waals surface area contributed by atoms with Gasteiger partial charge in [-0.25, -0.2) is 0 Å². The Morgan fingerprint density at radius 2 is 1.62 bits per heavy atom. The zero-order valence-electron chi connectivity index (χ0n) is 11.7. The third-order valence-corrected chi connectivity index (χ3v) is 4.53. The van der Waals surface area contributed by atoms with Crippen LogP contribution in [0, 0.1) is 0 Å². The van der Waals surface area contributed by atoms with Gasteiger partial charge in [0.15, 0.2) is 0 Å². The lowest BCUT2D eigenvalue weighted by Crippen LogP contribution is -2.26. The van der Waals surface area contributed by atoms with Gasteiger partial charge in [0.25, 0.3) is 5.91 Å². The summed E-state index contributed by atoms with van der Waals surface area (Å²) in [7, 11) is 0. The summed E-state index contributed by atoms with van der Waals surface area (Å²) in [4.78, 5) is 15.5. The van der Waals surface area contributed by atoms with Gasteiger partial charge in [0, 0.05) is 29.3 Å². The Morgan fingerprint density at radius 3 is 2.33 bits per heavy atom. The van der Waals surface area contributed by atoms with E-state index in [4.69, 9.17) is 0 Å². The summed E-state index contributed by atoms with van der Waals surface area (Å²) < 4.78 is 0. The third-order valence-electron chi connectivity index (χ3n) is 3.47. The van der Waals surface area contributed by atoms with E-state index in [1.807, 2.05) is 41.3 Å². The van der Waals surface area contributed by atoms with Gasteiger partial charge in [-0.05, 0) is 17.7 Å². The molecule has 2 aromatic carbocycles. The van der Waals surface area contributed by atoms with Gasteiger partial charge in [-0.15, -0.1) is 11.8 Å². The van der Waals surface area contributed by atoms with Crippen LogP contribution in [0.5, 0.6) is 0 Å². The second-order valence-corrected chi connectivity index (χ2v) is 6.05. The fourth-order valence-corrected chi connectivity index (χ4v) is 3.25. The monoisotopic (exact) mass is 295 g/mol. The average Bonchev–Trinajstić information content (AvgIpc) is 2.88. The molecule has 0 bridgehead atoms. The SMILES string of the molecule is O=C1C(CSc2ccccc2)=CCN1Cc1ccccc1. The summed E-state index contributed by atoms with van der Waals surface area (Å²) >= 11 is 1.71. The van der Waals surface area contributed by atoms with Crippen LogP contribution in [0.3, 0.4) is 0 Å².